The molecule has 0 radical (unpaired) electrons. The number of halogens is 1. The number of hydrogen-bond acceptors (Lipinski definition) is 5. The van der Waals surface area contributed by atoms with Gasteiger partial charge in [0.25, 0.3) is 11.5 Å². The number of nitrogens with zero attached hydrogens (tertiary/aromatic N) is 2. The molecule has 3 aromatic heterocycles. The fourth-order valence-electron chi connectivity index (χ4n) is 1.94. The van der Waals surface area contributed by atoms with Crippen molar-refractivity contribution in [2.75, 3.05) is 7.05 Å². The summed E-state index contributed by atoms with van der Waals surface area (Å²) in [7, 11) is 1.69. The minimum atomic E-state index is -0.163. The number of carbonyl (C=O) groups excluding carboxylic acids is 1. The summed E-state index contributed by atoms with van der Waals surface area (Å²) in [5.41, 5.74) is 1.12. The number of aromatic amines is 1. The van der Waals surface area contributed by atoms with Crippen molar-refractivity contribution in [3.8, 4) is 0 Å². The summed E-state index contributed by atoms with van der Waals surface area (Å²) in [6.07, 6.45) is 0. The first-order valence-electron chi connectivity index (χ1n) is 6.00. The van der Waals surface area contributed by atoms with Crippen molar-refractivity contribution in [2.24, 2.45) is 0 Å². The molecule has 0 aliphatic heterocycles. The molecule has 1 N–H and O–H groups in total. The molecule has 0 saturated carbocycles. The van der Waals surface area contributed by atoms with E-state index in [4.69, 9.17) is 0 Å². The van der Waals surface area contributed by atoms with Crippen LogP contribution in [-0.4, -0.2) is 27.8 Å². The summed E-state index contributed by atoms with van der Waals surface area (Å²) >= 11 is 6.15. The molecule has 0 aromatic carbocycles. The molecule has 108 valence electrons. The lowest BCUT2D eigenvalue weighted by Gasteiger charge is -2.15. The first-order chi connectivity index (χ1) is 10.0. The zero-order chi connectivity index (χ0) is 15.0. The van der Waals surface area contributed by atoms with Gasteiger partial charge >= 0.3 is 0 Å². The van der Waals surface area contributed by atoms with Gasteiger partial charge in [-0.1, -0.05) is 0 Å². The Labute approximate surface area is 136 Å². The molecular weight excluding hydrogens is 374 g/mol. The molecule has 3 aromatic rings. The number of amides is 1. The Morgan fingerprint density at radius 3 is 3.00 bits per heavy atom. The van der Waals surface area contributed by atoms with Crippen LogP contribution >= 0.6 is 38.6 Å². The Kier molecular flexibility index (Phi) is 3.92. The van der Waals surface area contributed by atoms with E-state index in [0.29, 0.717) is 21.6 Å². The highest BCUT2D eigenvalue weighted by molar-refractivity contribution is 9.11. The third-order valence-electron chi connectivity index (χ3n) is 2.91. The van der Waals surface area contributed by atoms with Gasteiger partial charge in [-0.3, -0.25) is 9.59 Å². The van der Waals surface area contributed by atoms with Crippen LogP contribution in [0.25, 0.3) is 10.2 Å². The van der Waals surface area contributed by atoms with Crippen LogP contribution in [0.3, 0.4) is 0 Å². The summed E-state index contributed by atoms with van der Waals surface area (Å²) in [6.45, 7) is 0.257. The SMILES string of the molecule is CN(Cc1nc2ccsc2c(=O)[nH]1)C(=O)c1csc(Br)c1. The largest absolute Gasteiger partial charge is 0.334 e. The Morgan fingerprint density at radius 2 is 2.29 bits per heavy atom. The first kappa shape index (κ1) is 14.4. The summed E-state index contributed by atoms with van der Waals surface area (Å²) < 4.78 is 1.51. The lowest BCUT2D eigenvalue weighted by molar-refractivity contribution is 0.0782. The molecule has 0 saturated heterocycles. The van der Waals surface area contributed by atoms with E-state index < -0.39 is 0 Å². The minimum Gasteiger partial charge on any atom is -0.334 e. The fourth-order valence-corrected chi connectivity index (χ4v) is 3.79. The van der Waals surface area contributed by atoms with Crippen LogP contribution in [0.5, 0.6) is 0 Å². The van der Waals surface area contributed by atoms with E-state index in [2.05, 4.69) is 25.9 Å². The maximum atomic E-state index is 12.3. The Balaban J connectivity index is 1.84. The Bertz CT molecular complexity index is 868. The highest BCUT2D eigenvalue weighted by Crippen LogP contribution is 2.22. The molecule has 5 nitrogen and oxygen atoms in total. The molecule has 0 fully saturated rings. The molecule has 0 aliphatic rings. The van der Waals surface area contributed by atoms with E-state index in [1.807, 2.05) is 5.38 Å². The summed E-state index contributed by atoms with van der Waals surface area (Å²) in [4.78, 5) is 32.8. The van der Waals surface area contributed by atoms with Gasteiger partial charge in [0.1, 0.15) is 10.5 Å². The van der Waals surface area contributed by atoms with Gasteiger partial charge in [0, 0.05) is 12.4 Å². The van der Waals surface area contributed by atoms with Crippen molar-refractivity contribution in [2.45, 2.75) is 6.54 Å². The van der Waals surface area contributed by atoms with Gasteiger partial charge in [0.05, 0.1) is 21.4 Å². The first-order valence-corrected chi connectivity index (χ1v) is 8.56. The molecule has 3 heterocycles. The third-order valence-corrected chi connectivity index (χ3v) is 5.32. The molecule has 0 atom stereocenters. The van der Waals surface area contributed by atoms with E-state index in [-0.39, 0.29) is 18.0 Å². The van der Waals surface area contributed by atoms with Crippen LogP contribution in [0, 0.1) is 0 Å². The van der Waals surface area contributed by atoms with Gasteiger partial charge in [0.15, 0.2) is 0 Å². The van der Waals surface area contributed by atoms with Crippen molar-refractivity contribution < 1.29 is 4.79 Å². The monoisotopic (exact) mass is 383 g/mol. The smallest absolute Gasteiger partial charge is 0.268 e. The highest BCUT2D eigenvalue weighted by Gasteiger charge is 2.15. The maximum Gasteiger partial charge on any atom is 0.268 e. The van der Waals surface area contributed by atoms with Crippen LogP contribution in [0.1, 0.15) is 16.2 Å². The standard InChI is InChI=1S/C13H10BrN3O2S2/c1-17(13(19)7-4-9(14)21-6-7)5-10-15-8-2-3-20-11(8)12(18)16-10/h2-4,6H,5H2,1H3,(H,15,16,18). The number of rotatable bonds is 3. The normalized spacial score (nSPS) is 11.0. The molecule has 8 heteroatoms. The quantitative estimate of drug-likeness (QED) is 0.755. The number of thiophene rings is 2. The molecule has 0 unspecified atom stereocenters. The van der Waals surface area contributed by atoms with Gasteiger partial charge in [-0.15, -0.1) is 22.7 Å². The van der Waals surface area contributed by atoms with Crippen molar-refractivity contribution in [1.82, 2.24) is 14.9 Å². The summed E-state index contributed by atoms with van der Waals surface area (Å²) in [5.74, 6) is 0.376. The molecular formula is C13H10BrN3O2S2. The summed E-state index contributed by atoms with van der Waals surface area (Å²) in [5, 5.41) is 3.62. The van der Waals surface area contributed by atoms with E-state index >= 15 is 0 Å². The number of carbonyl (C=O) groups is 1. The van der Waals surface area contributed by atoms with Gasteiger partial charge in [-0.05, 0) is 33.4 Å². The van der Waals surface area contributed by atoms with Crippen molar-refractivity contribution in [1.29, 1.82) is 0 Å². The van der Waals surface area contributed by atoms with Crippen LogP contribution in [0.2, 0.25) is 0 Å². The van der Waals surface area contributed by atoms with E-state index in [1.54, 1.807) is 24.6 Å². The minimum absolute atomic E-state index is 0.106. The van der Waals surface area contributed by atoms with Crippen LogP contribution < -0.4 is 5.56 Å². The molecule has 0 aliphatic carbocycles. The van der Waals surface area contributed by atoms with E-state index in [0.717, 1.165) is 3.79 Å². The zero-order valence-corrected chi connectivity index (χ0v) is 14.1. The summed E-state index contributed by atoms with van der Waals surface area (Å²) in [6, 6.07) is 3.58. The molecule has 0 spiro atoms. The number of hydrogen-bond donors (Lipinski definition) is 1. The fraction of sp³-hybridized carbons (Fsp3) is 0.154. The topological polar surface area (TPSA) is 66.1 Å². The average molecular weight is 384 g/mol. The predicted octanol–water partition coefficient (Wildman–Crippen LogP) is 3.08. The predicted molar refractivity (Wildman–Crippen MR) is 88.1 cm³/mol. The van der Waals surface area contributed by atoms with Crippen molar-refractivity contribution >= 4 is 54.7 Å². The van der Waals surface area contributed by atoms with Gasteiger partial charge in [-0.2, -0.15) is 0 Å². The highest BCUT2D eigenvalue weighted by atomic mass is 79.9. The maximum absolute atomic E-state index is 12.3. The second kappa shape index (κ2) is 5.70. The molecule has 0 bridgehead atoms. The van der Waals surface area contributed by atoms with Gasteiger partial charge < -0.3 is 9.88 Å². The molecule has 3 rings (SSSR count). The number of fused-ring (bicyclic) bond motifs is 1. The van der Waals surface area contributed by atoms with Crippen LogP contribution in [0.4, 0.5) is 0 Å². The zero-order valence-electron chi connectivity index (χ0n) is 10.9. The number of aromatic nitrogens is 2. The second-order valence-electron chi connectivity index (χ2n) is 4.45. The van der Waals surface area contributed by atoms with Crippen LogP contribution in [-0.2, 0) is 6.54 Å². The lowest BCUT2D eigenvalue weighted by atomic mass is 10.3. The molecule has 1 amide bonds. The third kappa shape index (κ3) is 2.92. The molecule has 21 heavy (non-hydrogen) atoms. The van der Waals surface area contributed by atoms with Gasteiger partial charge in [-0.25, -0.2) is 4.98 Å². The van der Waals surface area contributed by atoms with Crippen LogP contribution in [0.15, 0.2) is 31.5 Å². The average Bonchev–Trinajstić information content (AvgIpc) is 3.06. The Morgan fingerprint density at radius 1 is 1.48 bits per heavy atom. The lowest BCUT2D eigenvalue weighted by Crippen LogP contribution is -2.27. The Hall–Kier alpha value is -1.51. The van der Waals surface area contributed by atoms with E-state index in [1.165, 1.54) is 27.6 Å². The van der Waals surface area contributed by atoms with E-state index in [9.17, 15) is 9.59 Å². The van der Waals surface area contributed by atoms with Gasteiger partial charge in [0.2, 0.25) is 0 Å². The number of nitrogens with one attached hydrogen (secondary N) is 1. The van der Waals surface area contributed by atoms with Crippen molar-refractivity contribution in [3.05, 3.63) is 48.4 Å². The second-order valence-corrected chi connectivity index (χ2v) is 7.65. The van der Waals surface area contributed by atoms with Crippen molar-refractivity contribution in [3.63, 3.8) is 0 Å². The number of H-pyrrole nitrogens is 1.